The number of fused-ring (bicyclic) bond motifs is 7. The topological polar surface area (TPSA) is 169 Å². The Morgan fingerprint density at radius 2 is 1.03 bits per heavy atom. The van der Waals surface area contributed by atoms with E-state index < -0.39 is 0 Å². The zero-order valence-corrected chi connectivity index (χ0v) is 17.0. The molecule has 0 spiro atoms. The summed E-state index contributed by atoms with van der Waals surface area (Å²) >= 11 is 0. The second kappa shape index (κ2) is 7.27. The number of nitrogens with zero attached hydrogens (tertiary/aromatic N) is 8. The van der Waals surface area contributed by atoms with Gasteiger partial charge in [-0.1, -0.05) is 12.1 Å². The second-order valence-electron chi connectivity index (χ2n) is 7.34. The molecule has 0 fully saturated rings. The highest BCUT2D eigenvalue weighted by Crippen LogP contribution is 2.54. The summed E-state index contributed by atoms with van der Waals surface area (Å²) in [5, 5.41) is 66.1. The van der Waals surface area contributed by atoms with Gasteiger partial charge >= 0.3 is 0 Å². The van der Waals surface area contributed by atoms with E-state index in [4.69, 9.17) is 0 Å². The van der Waals surface area contributed by atoms with Gasteiger partial charge in [-0.2, -0.15) is 31.6 Å². The van der Waals surface area contributed by atoms with Crippen molar-refractivity contribution in [2.45, 2.75) is 0 Å². The van der Waals surface area contributed by atoms with E-state index in [1.165, 1.54) is 0 Å². The fraction of sp³-hybridized carbons (Fsp3) is 0. The van der Waals surface area contributed by atoms with E-state index in [1.54, 1.807) is 36.4 Å². The van der Waals surface area contributed by atoms with Crippen molar-refractivity contribution in [2.24, 2.45) is 0 Å². The van der Waals surface area contributed by atoms with Crippen LogP contribution in [0.5, 0.6) is 0 Å². The van der Waals surface area contributed by atoms with E-state index in [-0.39, 0.29) is 22.4 Å². The monoisotopic (exact) mass is 430 g/mol. The molecule has 0 aliphatic heterocycles. The number of rotatable bonds is 0. The molecule has 3 aromatic rings. The molecule has 8 nitrogen and oxygen atoms in total. The summed E-state index contributed by atoms with van der Waals surface area (Å²) in [6.07, 6.45) is 0. The molecule has 150 valence electrons. The van der Waals surface area contributed by atoms with Gasteiger partial charge in [0.25, 0.3) is 0 Å². The van der Waals surface area contributed by atoms with E-state index in [9.17, 15) is 31.6 Å². The van der Waals surface area contributed by atoms with Crippen molar-refractivity contribution in [2.75, 3.05) is 0 Å². The van der Waals surface area contributed by atoms with Crippen LogP contribution < -0.4 is 0 Å². The molecule has 1 heterocycles. The molecule has 0 bridgehead atoms. The molecule has 0 atom stereocenters. The van der Waals surface area contributed by atoms with Crippen molar-refractivity contribution in [1.82, 2.24) is 10.2 Å². The average Bonchev–Trinajstić information content (AvgIpc) is 3.38. The lowest BCUT2D eigenvalue weighted by molar-refractivity contribution is 1.02. The van der Waals surface area contributed by atoms with Crippen LogP contribution in [0.1, 0.15) is 33.5 Å². The van der Waals surface area contributed by atoms with Crippen LogP contribution in [0, 0.1) is 68.0 Å². The van der Waals surface area contributed by atoms with Crippen LogP contribution in [0.3, 0.4) is 0 Å². The third kappa shape index (κ3) is 2.46. The predicted molar refractivity (Wildman–Crippen MR) is 117 cm³/mol. The van der Waals surface area contributed by atoms with Gasteiger partial charge in [-0.15, -0.1) is 10.2 Å². The quantitative estimate of drug-likeness (QED) is 0.333. The van der Waals surface area contributed by atoms with Gasteiger partial charge in [-0.3, -0.25) is 0 Å². The Labute approximate surface area is 193 Å². The molecule has 2 aromatic carbocycles. The molecular weight excluding hydrogens is 424 g/mol. The van der Waals surface area contributed by atoms with Crippen LogP contribution in [0.4, 0.5) is 0 Å². The van der Waals surface area contributed by atoms with Gasteiger partial charge in [0.1, 0.15) is 46.8 Å². The lowest BCUT2D eigenvalue weighted by Crippen LogP contribution is -1.98. The maximum Gasteiger partial charge on any atom is 0.139 e. The number of aromatic nitrogens is 2. The third-order valence-electron chi connectivity index (χ3n) is 5.77. The molecule has 1 aromatic heterocycles. The van der Waals surface area contributed by atoms with Crippen LogP contribution in [0.25, 0.3) is 33.5 Å². The smallest absolute Gasteiger partial charge is 0.139 e. The molecule has 5 rings (SSSR count). The summed E-state index contributed by atoms with van der Waals surface area (Å²) in [5.41, 5.74) is 4.69. The first-order chi connectivity index (χ1) is 16.6. The minimum Gasteiger partial charge on any atom is -0.192 e. The molecule has 2 aliphatic carbocycles. The first-order valence-corrected chi connectivity index (χ1v) is 9.71. The summed E-state index contributed by atoms with van der Waals surface area (Å²) < 4.78 is 0. The Kier molecular flexibility index (Phi) is 4.25. The zero-order chi connectivity index (χ0) is 24.0. The molecular formula is C26H6N8. The lowest BCUT2D eigenvalue weighted by Gasteiger charge is -2.09. The molecule has 0 N–H and O–H groups in total. The van der Waals surface area contributed by atoms with Crippen LogP contribution in [-0.2, 0) is 0 Å². The van der Waals surface area contributed by atoms with Crippen molar-refractivity contribution < 1.29 is 0 Å². The van der Waals surface area contributed by atoms with E-state index in [1.807, 2.05) is 24.3 Å². The van der Waals surface area contributed by atoms with Crippen LogP contribution >= 0.6 is 0 Å². The molecule has 0 saturated carbocycles. The van der Waals surface area contributed by atoms with Crippen molar-refractivity contribution >= 4 is 11.1 Å². The van der Waals surface area contributed by atoms with Crippen LogP contribution in [0.2, 0.25) is 0 Å². The number of nitriles is 6. The second-order valence-corrected chi connectivity index (χ2v) is 7.34. The van der Waals surface area contributed by atoms with E-state index >= 15 is 0 Å². The van der Waals surface area contributed by atoms with Crippen molar-refractivity contribution in [3.05, 3.63) is 81.1 Å². The van der Waals surface area contributed by atoms with E-state index in [0.29, 0.717) is 55.8 Å². The Bertz CT molecular complexity index is 1780. The first-order valence-electron chi connectivity index (χ1n) is 9.71. The first kappa shape index (κ1) is 19.9. The highest BCUT2D eigenvalue weighted by atomic mass is 15.1. The summed E-state index contributed by atoms with van der Waals surface area (Å²) in [6, 6.07) is 21.5. The molecule has 0 saturated heterocycles. The summed E-state index contributed by atoms with van der Waals surface area (Å²) in [6.45, 7) is 0. The Morgan fingerprint density at radius 3 is 1.59 bits per heavy atom. The summed E-state index contributed by atoms with van der Waals surface area (Å²) in [5.74, 6) is 0. The predicted octanol–water partition coefficient (Wildman–Crippen LogP) is 3.88. The van der Waals surface area contributed by atoms with Gasteiger partial charge in [-0.25, -0.2) is 0 Å². The highest BCUT2D eigenvalue weighted by Gasteiger charge is 2.38. The molecule has 0 radical (unpaired) electrons. The fourth-order valence-electron chi connectivity index (χ4n) is 4.42. The fourth-order valence-corrected chi connectivity index (χ4v) is 4.42. The molecule has 2 aliphatic rings. The van der Waals surface area contributed by atoms with E-state index in [2.05, 4.69) is 22.3 Å². The zero-order valence-electron chi connectivity index (χ0n) is 17.0. The van der Waals surface area contributed by atoms with Crippen molar-refractivity contribution in [1.29, 1.82) is 31.6 Å². The lowest BCUT2D eigenvalue weighted by atomic mass is 9.93. The van der Waals surface area contributed by atoms with Crippen molar-refractivity contribution in [3.8, 4) is 58.8 Å². The molecule has 34 heavy (non-hydrogen) atoms. The van der Waals surface area contributed by atoms with Gasteiger partial charge in [0, 0.05) is 27.8 Å². The largest absolute Gasteiger partial charge is 0.192 e. The minimum atomic E-state index is -0.196. The average molecular weight is 430 g/mol. The highest BCUT2D eigenvalue weighted by molar-refractivity contribution is 6.13. The Balaban J connectivity index is 2.00. The number of hydrogen-bond acceptors (Lipinski definition) is 8. The number of benzene rings is 2. The van der Waals surface area contributed by atoms with Crippen LogP contribution in [-0.4, -0.2) is 10.2 Å². The maximum absolute atomic E-state index is 9.73. The molecule has 8 heteroatoms. The van der Waals surface area contributed by atoms with Crippen LogP contribution in [0.15, 0.2) is 47.5 Å². The summed E-state index contributed by atoms with van der Waals surface area (Å²) in [7, 11) is 0. The number of hydrogen-bond donors (Lipinski definition) is 0. The third-order valence-corrected chi connectivity index (χ3v) is 5.77. The maximum atomic E-state index is 9.73. The Hall–Kier alpha value is -6.06. The van der Waals surface area contributed by atoms with Crippen molar-refractivity contribution in [3.63, 3.8) is 0 Å². The molecule has 0 unspecified atom stereocenters. The van der Waals surface area contributed by atoms with Gasteiger partial charge in [-0.05, 0) is 41.0 Å². The van der Waals surface area contributed by atoms with Gasteiger partial charge in [0.15, 0.2) is 0 Å². The number of allylic oxidation sites excluding steroid dienone is 2. The van der Waals surface area contributed by atoms with Gasteiger partial charge < -0.3 is 0 Å². The minimum absolute atomic E-state index is 0.168. The Morgan fingerprint density at radius 1 is 0.529 bits per heavy atom. The van der Waals surface area contributed by atoms with Gasteiger partial charge in [0.05, 0.1) is 23.3 Å². The summed E-state index contributed by atoms with van der Waals surface area (Å²) in [4.78, 5) is 0. The normalized spacial score (nSPS) is 11.2. The standard InChI is InChI=1S/C26H6N8/c27-7-13-1-3-17-19(5-13)22(16(11-31)12-32)26-23(17)24-21(15(9-29)10-30)20-6-14(8-28)2-4-18(20)25(24)33-34-26/h1-6H. The SMILES string of the molecule is N#CC(C#N)=C1c2cc(C#N)ccc2-c2c1nnc1c2C(=C(C#N)C#N)c2cc(C#N)ccc2-1. The molecule has 0 amide bonds. The van der Waals surface area contributed by atoms with Gasteiger partial charge in [0.2, 0.25) is 0 Å². The van der Waals surface area contributed by atoms with E-state index in [0.717, 1.165) is 0 Å².